The number of carbonyl (C=O) groups excluding carboxylic acids is 1. The van der Waals surface area contributed by atoms with Crippen LogP contribution in [0, 0.1) is 0 Å². The molecule has 1 saturated carbocycles. The summed E-state index contributed by atoms with van der Waals surface area (Å²) in [6, 6.07) is 10.3. The molecule has 1 fully saturated rings. The summed E-state index contributed by atoms with van der Waals surface area (Å²) in [5, 5.41) is 0. The third-order valence-corrected chi connectivity index (χ3v) is 4.24. The lowest BCUT2D eigenvalue weighted by Crippen LogP contribution is -2.38. The summed E-state index contributed by atoms with van der Waals surface area (Å²) >= 11 is 0. The highest BCUT2D eigenvalue weighted by Crippen LogP contribution is 2.40. The van der Waals surface area contributed by atoms with Gasteiger partial charge in [-0.2, -0.15) is 0 Å². The van der Waals surface area contributed by atoms with Crippen LogP contribution in [-0.2, 0) is 14.9 Å². The van der Waals surface area contributed by atoms with Gasteiger partial charge in [-0.15, -0.1) is 0 Å². The molecular weight excluding hydrogens is 236 g/mol. The molecule has 104 valence electrons. The molecule has 2 rings (SSSR count). The van der Waals surface area contributed by atoms with Gasteiger partial charge in [0.15, 0.2) is 0 Å². The van der Waals surface area contributed by atoms with Gasteiger partial charge in [-0.25, -0.2) is 0 Å². The van der Waals surface area contributed by atoms with Crippen molar-refractivity contribution in [1.29, 1.82) is 0 Å². The smallest absolute Gasteiger partial charge is 0.145 e. The number of hydrogen-bond acceptors (Lipinski definition) is 2. The number of Topliss-reactive ketones (excluding diaryl/α,β-unsaturated/α-hetero) is 1. The van der Waals surface area contributed by atoms with Crippen molar-refractivity contribution in [3.63, 3.8) is 0 Å². The normalized spacial score (nSPS) is 18.2. The molecule has 0 radical (unpaired) electrons. The van der Waals surface area contributed by atoms with E-state index in [1.807, 2.05) is 25.1 Å². The molecule has 0 aliphatic heterocycles. The molecule has 0 heterocycles. The second-order valence-corrected chi connectivity index (χ2v) is 5.38. The third kappa shape index (κ3) is 3.24. The molecule has 0 saturated heterocycles. The van der Waals surface area contributed by atoms with Crippen molar-refractivity contribution < 1.29 is 9.53 Å². The second kappa shape index (κ2) is 6.85. The van der Waals surface area contributed by atoms with Crippen LogP contribution in [0.25, 0.3) is 0 Å². The Balaban J connectivity index is 2.17. The van der Waals surface area contributed by atoms with Gasteiger partial charge in [0.05, 0.1) is 12.0 Å². The predicted octanol–water partition coefficient (Wildman–Crippen LogP) is 3.88. The van der Waals surface area contributed by atoms with Crippen LogP contribution in [-0.4, -0.2) is 19.0 Å². The molecule has 0 amide bonds. The zero-order chi connectivity index (χ0) is 13.6. The van der Waals surface area contributed by atoms with Crippen LogP contribution in [0.1, 0.15) is 51.0 Å². The Kier molecular flexibility index (Phi) is 5.15. The van der Waals surface area contributed by atoms with Crippen molar-refractivity contribution in [3.05, 3.63) is 35.9 Å². The van der Waals surface area contributed by atoms with Crippen molar-refractivity contribution in [2.45, 2.75) is 50.9 Å². The third-order valence-electron chi connectivity index (χ3n) is 4.24. The maximum atomic E-state index is 12.7. The molecule has 1 aromatic carbocycles. The molecule has 0 spiro atoms. The van der Waals surface area contributed by atoms with Gasteiger partial charge in [0, 0.05) is 13.0 Å². The topological polar surface area (TPSA) is 26.3 Å². The van der Waals surface area contributed by atoms with E-state index in [4.69, 9.17) is 4.74 Å². The first kappa shape index (κ1) is 14.3. The molecule has 0 N–H and O–H groups in total. The van der Waals surface area contributed by atoms with Gasteiger partial charge in [-0.1, -0.05) is 49.6 Å². The highest BCUT2D eigenvalue weighted by molar-refractivity contribution is 5.90. The average Bonchev–Trinajstić information content (AvgIpc) is 2.49. The monoisotopic (exact) mass is 260 g/mol. The minimum atomic E-state index is -0.239. The van der Waals surface area contributed by atoms with E-state index in [0.29, 0.717) is 25.4 Å². The summed E-state index contributed by atoms with van der Waals surface area (Å²) in [5.41, 5.74) is 0.965. The summed E-state index contributed by atoms with van der Waals surface area (Å²) in [4.78, 5) is 12.7. The lowest BCUT2D eigenvalue weighted by Gasteiger charge is -2.36. The van der Waals surface area contributed by atoms with Gasteiger partial charge in [-0.05, 0) is 25.3 Å². The molecule has 0 unspecified atom stereocenters. The standard InChI is InChI=1S/C17H24O2/c1-2-19-14-11-16(18)17(12-7-4-8-13-17)15-9-5-3-6-10-15/h3,5-6,9-10H,2,4,7-8,11-14H2,1H3. The van der Waals surface area contributed by atoms with E-state index in [0.717, 1.165) is 25.7 Å². The summed E-state index contributed by atoms with van der Waals surface area (Å²) in [6.45, 7) is 3.22. The van der Waals surface area contributed by atoms with Gasteiger partial charge in [-0.3, -0.25) is 4.79 Å². The highest BCUT2D eigenvalue weighted by atomic mass is 16.5. The van der Waals surface area contributed by atoms with Gasteiger partial charge in [0.2, 0.25) is 0 Å². The van der Waals surface area contributed by atoms with Gasteiger partial charge in [0.1, 0.15) is 5.78 Å². The van der Waals surface area contributed by atoms with Crippen LogP contribution in [0.5, 0.6) is 0 Å². The fourth-order valence-corrected chi connectivity index (χ4v) is 3.19. The van der Waals surface area contributed by atoms with Crippen LogP contribution < -0.4 is 0 Å². The second-order valence-electron chi connectivity index (χ2n) is 5.38. The number of carbonyl (C=O) groups is 1. The average molecular weight is 260 g/mol. The lowest BCUT2D eigenvalue weighted by molar-refractivity contribution is -0.127. The maximum absolute atomic E-state index is 12.7. The number of hydrogen-bond donors (Lipinski definition) is 0. The van der Waals surface area contributed by atoms with Crippen molar-refractivity contribution >= 4 is 5.78 Å². The number of rotatable bonds is 6. The zero-order valence-electron chi connectivity index (χ0n) is 11.9. The molecular formula is C17H24O2. The van der Waals surface area contributed by atoms with Crippen LogP contribution >= 0.6 is 0 Å². The number of benzene rings is 1. The Morgan fingerprint density at radius 1 is 1.16 bits per heavy atom. The molecule has 0 aromatic heterocycles. The first-order valence-corrected chi connectivity index (χ1v) is 7.46. The predicted molar refractivity (Wildman–Crippen MR) is 77.3 cm³/mol. The molecule has 0 atom stereocenters. The van der Waals surface area contributed by atoms with Crippen molar-refractivity contribution in [3.8, 4) is 0 Å². The molecule has 1 aromatic rings. The van der Waals surface area contributed by atoms with Crippen LogP contribution in [0.15, 0.2) is 30.3 Å². The Bertz CT molecular complexity index is 391. The molecule has 19 heavy (non-hydrogen) atoms. The maximum Gasteiger partial charge on any atom is 0.145 e. The van der Waals surface area contributed by atoms with E-state index < -0.39 is 0 Å². The molecule has 1 aliphatic rings. The van der Waals surface area contributed by atoms with Gasteiger partial charge in [0.25, 0.3) is 0 Å². The summed E-state index contributed by atoms with van der Waals surface area (Å²) in [7, 11) is 0. The SMILES string of the molecule is CCOCCC(=O)C1(c2ccccc2)CCCCC1. The number of ketones is 1. The van der Waals surface area contributed by atoms with E-state index in [1.54, 1.807) is 0 Å². The molecule has 0 bridgehead atoms. The summed E-state index contributed by atoms with van der Waals surface area (Å²) in [6.07, 6.45) is 6.13. The quantitative estimate of drug-likeness (QED) is 0.725. The number of ether oxygens (including phenoxy) is 1. The van der Waals surface area contributed by atoms with Crippen LogP contribution in [0.4, 0.5) is 0 Å². The van der Waals surface area contributed by atoms with Crippen LogP contribution in [0.2, 0.25) is 0 Å². The van der Waals surface area contributed by atoms with Crippen molar-refractivity contribution in [2.24, 2.45) is 0 Å². The fourth-order valence-electron chi connectivity index (χ4n) is 3.19. The first-order chi connectivity index (χ1) is 9.29. The minimum absolute atomic E-state index is 0.239. The van der Waals surface area contributed by atoms with Crippen molar-refractivity contribution in [1.82, 2.24) is 0 Å². The molecule has 2 heteroatoms. The lowest BCUT2D eigenvalue weighted by atomic mass is 9.66. The van der Waals surface area contributed by atoms with E-state index >= 15 is 0 Å². The largest absolute Gasteiger partial charge is 0.381 e. The molecule has 2 nitrogen and oxygen atoms in total. The Morgan fingerprint density at radius 2 is 1.84 bits per heavy atom. The van der Waals surface area contributed by atoms with E-state index in [9.17, 15) is 4.79 Å². The Labute approximate surface area is 116 Å². The fraction of sp³-hybridized carbons (Fsp3) is 0.588. The molecule has 1 aliphatic carbocycles. The van der Waals surface area contributed by atoms with Gasteiger partial charge >= 0.3 is 0 Å². The summed E-state index contributed by atoms with van der Waals surface area (Å²) in [5.74, 6) is 0.367. The van der Waals surface area contributed by atoms with Gasteiger partial charge < -0.3 is 4.74 Å². The Morgan fingerprint density at radius 3 is 2.47 bits per heavy atom. The first-order valence-electron chi connectivity index (χ1n) is 7.46. The van der Waals surface area contributed by atoms with Crippen LogP contribution in [0.3, 0.4) is 0 Å². The Hall–Kier alpha value is -1.15. The zero-order valence-corrected chi connectivity index (χ0v) is 11.9. The van der Waals surface area contributed by atoms with E-state index in [2.05, 4.69) is 12.1 Å². The highest BCUT2D eigenvalue weighted by Gasteiger charge is 2.39. The van der Waals surface area contributed by atoms with E-state index in [-0.39, 0.29) is 5.41 Å². The van der Waals surface area contributed by atoms with Crippen molar-refractivity contribution in [2.75, 3.05) is 13.2 Å². The minimum Gasteiger partial charge on any atom is -0.381 e. The summed E-state index contributed by atoms with van der Waals surface area (Å²) < 4.78 is 5.36. The van der Waals surface area contributed by atoms with E-state index in [1.165, 1.54) is 12.0 Å².